The van der Waals surface area contributed by atoms with Gasteiger partial charge in [0, 0.05) is 110 Å². The van der Waals surface area contributed by atoms with Crippen molar-refractivity contribution in [2.75, 3.05) is 119 Å². The van der Waals surface area contributed by atoms with Gasteiger partial charge in [-0.2, -0.15) is 0 Å². The van der Waals surface area contributed by atoms with Gasteiger partial charge in [0.1, 0.15) is 57.8 Å². The van der Waals surface area contributed by atoms with Gasteiger partial charge in [0.2, 0.25) is 0 Å². The third kappa shape index (κ3) is 43.8. The average Bonchev–Trinajstić information content (AvgIpc) is 0.813. The van der Waals surface area contributed by atoms with Crippen molar-refractivity contribution in [3.8, 4) is 22.6 Å². The summed E-state index contributed by atoms with van der Waals surface area (Å²) in [6.07, 6.45) is 17.1. The van der Waals surface area contributed by atoms with Crippen molar-refractivity contribution in [3.05, 3.63) is 273 Å². The van der Waals surface area contributed by atoms with Crippen LogP contribution in [0.5, 0.6) is 11.5 Å². The topological polar surface area (TPSA) is 224 Å². The summed E-state index contributed by atoms with van der Waals surface area (Å²) in [5.41, 5.74) is 9.11. The Morgan fingerprint density at radius 1 is 0.360 bits per heavy atom. The first-order valence-electron chi connectivity index (χ1n) is 47.4. The summed E-state index contributed by atoms with van der Waals surface area (Å²) >= 11 is 3.48. The fourth-order valence-electron chi connectivity index (χ4n) is 18.3. The number of methoxy groups -OCH3 is 2. The van der Waals surface area contributed by atoms with Gasteiger partial charge in [-0.1, -0.05) is 240 Å². The maximum Gasteiger partial charge on any atom is 0.182 e. The van der Waals surface area contributed by atoms with E-state index in [1.165, 1.54) is 39.6 Å². The molecule has 9 aromatic carbocycles. The fourth-order valence-corrected chi connectivity index (χ4v) is 18.7. The largest absolute Gasteiger partial charge is 0.494 e. The maximum absolute atomic E-state index is 13.6. The lowest BCUT2D eigenvalue weighted by Gasteiger charge is -2.42. The second kappa shape index (κ2) is 73.9. The number of hydrogen-bond acceptors (Lipinski definition) is 17. The first-order chi connectivity index (χ1) is 63.0. The van der Waals surface area contributed by atoms with Crippen molar-refractivity contribution < 1.29 is 56.5 Å². The van der Waals surface area contributed by atoms with E-state index >= 15 is 0 Å². The number of fused-ring (bicyclic) bond motifs is 1. The van der Waals surface area contributed by atoms with E-state index in [4.69, 9.17) is 18.9 Å². The van der Waals surface area contributed by atoms with Crippen LogP contribution in [-0.2, 0) is 83.2 Å². The van der Waals surface area contributed by atoms with Crippen molar-refractivity contribution in [1.82, 2.24) is 37.2 Å². The third-order valence-electron chi connectivity index (χ3n) is 26.0. The molecule has 0 radical (unpaired) electrons. The number of Topliss-reactive ketones (excluding diaryl/α,β-unsaturated/α-hetero) is 6. The van der Waals surface area contributed by atoms with Crippen molar-refractivity contribution >= 4 is 148 Å². The number of carbonyl (C=O) groups is 6. The van der Waals surface area contributed by atoms with E-state index in [-0.39, 0.29) is 174 Å². The summed E-state index contributed by atoms with van der Waals surface area (Å²) in [6.45, 7) is 20.6. The molecule has 1 unspecified atom stereocenters. The molecule has 3 atom stereocenters. The normalized spacial score (nSPS) is 17.1. The average molecular weight is 2130 g/mol. The predicted octanol–water partition coefficient (Wildman–Crippen LogP) is 23.2. The summed E-state index contributed by atoms with van der Waals surface area (Å²) in [7, 11) is 3.35. The van der Waals surface area contributed by atoms with Crippen LogP contribution in [0.4, 0.5) is 8.78 Å². The van der Waals surface area contributed by atoms with Crippen LogP contribution in [0.2, 0.25) is 0 Å². The molecule has 139 heavy (non-hydrogen) atoms. The zero-order valence-electron chi connectivity index (χ0n) is 79.6. The quantitative estimate of drug-likeness (QED) is 0.0217. The van der Waals surface area contributed by atoms with Gasteiger partial charge >= 0.3 is 0 Å². The number of benzene rings is 9. The van der Waals surface area contributed by atoms with E-state index in [1.807, 2.05) is 140 Å². The summed E-state index contributed by atoms with van der Waals surface area (Å²) in [4.78, 5) is 73.7. The number of piperidine rings is 7. The van der Waals surface area contributed by atoms with Crippen LogP contribution in [0, 0.1) is 59.0 Å². The number of para-hydroxylation sites is 2. The van der Waals surface area contributed by atoms with E-state index in [1.54, 1.807) is 38.5 Å². The number of halogens is 10. The molecule has 7 aliphatic heterocycles. The molecule has 772 valence electrons. The zero-order chi connectivity index (χ0) is 91.2. The van der Waals surface area contributed by atoms with E-state index in [0.717, 1.165) is 219 Å². The molecule has 7 heterocycles. The second-order valence-electron chi connectivity index (χ2n) is 34.9. The highest BCUT2D eigenvalue weighted by atomic mass is 79.9. The molecule has 0 bridgehead atoms. The van der Waals surface area contributed by atoms with Crippen LogP contribution in [0.1, 0.15) is 172 Å². The molecule has 7 N–H and O–H groups in total. The molecule has 9 aromatic rings. The number of carbonyl (C=O) groups excluding carboxylic acids is 6. The molecule has 0 aliphatic carbocycles. The lowest BCUT2D eigenvalue weighted by molar-refractivity contribution is -0.246. The minimum Gasteiger partial charge on any atom is -0.494 e. The van der Waals surface area contributed by atoms with Crippen LogP contribution in [0.15, 0.2) is 223 Å². The summed E-state index contributed by atoms with van der Waals surface area (Å²) in [5, 5.41) is 25.5. The Hall–Kier alpha value is -7.13. The van der Waals surface area contributed by atoms with Crippen molar-refractivity contribution in [3.63, 3.8) is 0 Å². The van der Waals surface area contributed by atoms with Crippen molar-refractivity contribution in [2.24, 2.45) is 47.3 Å². The van der Waals surface area contributed by atoms with Crippen LogP contribution >= 0.6 is 103 Å². The highest BCUT2D eigenvalue weighted by Crippen LogP contribution is 2.34. The van der Waals surface area contributed by atoms with Gasteiger partial charge in [0.05, 0.1) is 19.8 Å². The second-order valence-corrected chi connectivity index (χ2v) is 35.8. The molecule has 7 fully saturated rings. The molecule has 0 amide bonds. The molecule has 0 saturated carbocycles. The van der Waals surface area contributed by atoms with E-state index < -0.39 is 5.79 Å². The van der Waals surface area contributed by atoms with Crippen LogP contribution < -0.4 is 46.7 Å². The zero-order valence-corrected chi connectivity index (χ0v) is 86.9. The van der Waals surface area contributed by atoms with Gasteiger partial charge < -0.3 is 56.2 Å². The van der Waals surface area contributed by atoms with Gasteiger partial charge in [-0.05, 0) is 274 Å². The Morgan fingerprint density at radius 3 is 1.17 bits per heavy atom. The molecular weight excluding hydrogens is 1970 g/mol. The Bertz CT molecular complexity index is 4900. The summed E-state index contributed by atoms with van der Waals surface area (Å²) in [6, 6.07) is 70.3. The van der Waals surface area contributed by atoms with E-state index in [2.05, 4.69) is 116 Å². The molecular formula is C112H159BrCl7F2N7O10. The van der Waals surface area contributed by atoms with Crippen molar-refractivity contribution in [2.45, 2.75) is 184 Å². The standard InChI is InChI=1S/C19H21NO.C17H19NO.C16H23NO2.C15H22FNO2.C15H21NO2.C14H18FNO.C13H16BrNO.3CH4.7ClH/c21-19(16-10-12-20-13-11-16)14-17-8-4-5-9-18(17)15-6-2-1-3-7-15;19-17(14-8-10-18-11-9-14)12-15-6-3-5-13-4-1-2-7-16(13)15;1-2-11-19-16-6-4-3-5-14(16)12-15(18)13-7-9-17-10-8-13;1-18-15(19-2)11-17-10-9-13(15)8-7-12-5-3-4-6-14(12)16;1-2-18-15-6-4-3-5-13(15)11-14(17)12-7-9-16-10-8-12;1-10-9-16-7-6-12(10)14(17)8-11-4-2-3-5-13(11)15;14-12-4-2-1-3-11(12)9-13(16)10-5-7-15-8-6-10;;;;;;;;;;/h1-9,16,20H,10-14H2;1-7,14,18H,8-12H2;3-6,13,17H,2,7-12H2,1H3;3-6,13,17H,7-11H2,1-2H3;3-6,12,16H,2,7-11H2,1H3;2-5,10,12,16H,6-9H2,1H3;1-4,10,15H,5-9H2;3*1H4;7*1H/t;;;;;10-,12-;;;;;;;;;;;/m.....1.........../s1. The number of aryl methyl sites for hydroxylation is 1. The van der Waals surface area contributed by atoms with Crippen LogP contribution in [-0.4, -0.2) is 160 Å². The predicted molar refractivity (Wildman–Crippen MR) is 590 cm³/mol. The minimum atomic E-state index is -0.580. The fraction of sp³-hybridized carbons (Fsp3) is 0.482. The Kier molecular flexibility index (Phi) is 70.1. The van der Waals surface area contributed by atoms with Gasteiger partial charge in [0.25, 0.3) is 0 Å². The number of rotatable bonds is 29. The van der Waals surface area contributed by atoms with Crippen LogP contribution in [0.25, 0.3) is 21.9 Å². The number of hydrogen-bond donors (Lipinski definition) is 7. The molecule has 17 nitrogen and oxygen atoms in total. The highest BCUT2D eigenvalue weighted by Gasteiger charge is 2.41. The van der Waals surface area contributed by atoms with Crippen LogP contribution in [0.3, 0.4) is 0 Å². The number of ether oxygens (including phenoxy) is 4. The third-order valence-corrected chi connectivity index (χ3v) is 26.8. The molecule has 7 aliphatic rings. The van der Waals surface area contributed by atoms with E-state index in [9.17, 15) is 37.5 Å². The Labute approximate surface area is 881 Å². The van der Waals surface area contributed by atoms with E-state index in [0.29, 0.717) is 98.7 Å². The highest BCUT2D eigenvalue weighted by molar-refractivity contribution is 9.10. The number of nitrogens with one attached hydrogen (secondary N) is 7. The van der Waals surface area contributed by atoms with Crippen molar-refractivity contribution in [1.29, 1.82) is 0 Å². The van der Waals surface area contributed by atoms with Gasteiger partial charge in [-0.25, -0.2) is 8.78 Å². The smallest absolute Gasteiger partial charge is 0.182 e. The molecule has 0 aromatic heterocycles. The van der Waals surface area contributed by atoms with Gasteiger partial charge in [0.15, 0.2) is 5.79 Å². The maximum atomic E-state index is 13.6. The minimum absolute atomic E-state index is 0. The van der Waals surface area contributed by atoms with Gasteiger partial charge in [-0.15, -0.1) is 86.8 Å². The Balaban J connectivity index is 0.00000158. The summed E-state index contributed by atoms with van der Waals surface area (Å²) < 4.78 is 50.5. The Morgan fingerprint density at radius 2 is 0.712 bits per heavy atom. The lowest BCUT2D eigenvalue weighted by Crippen LogP contribution is -2.54. The first-order valence-corrected chi connectivity index (χ1v) is 48.2. The molecule has 16 rings (SSSR count). The molecule has 7 saturated heterocycles. The SMILES string of the molecule is C.C.C.CCCOc1ccccc1CC(=O)C1CCNCC1.CCOc1ccccc1CC(=O)C1CCNCC1.COC1(OC)CNCCC1CCc1ccccc1F.C[C@@H]1CNCC[C@H]1C(=O)Cc1ccccc1F.Cl.Cl.Cl.Cl.Cl.Cl.Cl.O=C(Cc1cccc2ccccc12)C1CCNCC1.O=C(Cc1ccccc1-c1ccccc1)C1CCNCC1.O=C(Cc1ccccc1Br)C1CCNCC1. The summed E-state index contributed by atoms with van der Waals surface area (Å²) in [5.74, 6) is 4.68. The van der Waals surface area contributed by atoms with Gasteiger partial charge in [-0.3, -0.25) is 28.8 Å². The number of ketones is 6. The monoisotopic (exact) mass is 2120 g/mol. The molecule has 27 heteroatoms. The first kappa shape index (κ1) is 132. The lowest BCUT2D eigenvalue weighted by atomic mass is 9.82. The molecule has 0 spiro atoms.